The number of amides is 3. The van der Waals surface area contributed by atoms with Gasteiger partial charge in [0.25, 0.3) is 11.8 Å². The number of ether oxygens (including phenoxy) is 1. The molecule has 1 aliphatic heterocycles. The highest BCUT2D eigenvalue weighted by Crippen LogP contribution is 2.21. The van der Waals surface area contributed by atoms with Gasteiger partial charge in [-0.1, -0.05) is 0 Å². The molecule has 0 radical (unpaired) electrons. The second-order valence-corrected chi connectivity index (χ2v) is 8.38. The first-order valence-electron chi connectivity index (χ1n) is 9.59. The molecule has 1 aliphatic rings. The summed E-state index contributed by atoms with van der Waals surface area (Å²) in [6, 6.07) is 2.34. The summed E-state index contributed by atoms with van der Waals surface area (Å²) in [7, 11) is 0. The Bertz CT molecular complexity index is 863. The first kappa shape index (κ1) is 23.9. The largest absolute Gasteiger partial charge is 0.492 e. The predicted octanol–water partition coefficient (Wildman–Crippen LogP) is 0.250. The summed E-state index contributed by atoms with van der Waals surface area (Å²) in [5.41, 5.74) is -1.77. The number of rotatable bonds is 10. The summed E-state index contributed by atoms with van der Waals surface area (Å²) in [6.45, 7) is 6.79. The molecule has 1 aromatic heterocycles. The zero-order valence-electron chi connectivity index (χ0n) is 17.9. The molecule has 1 aromatic rings. The van der Waals surface area contributed by atoms with Crippen molar-refractivity contribution in [3.8, 4) is 11.8 Å². The lowest BCUT2D eigenvalue weighted by Gasteiger charge is -2.32. The van der Waals surface area contributed by atoms with E-state index in [4.69, 9.17) is 9.57 Å². The molecule has 0 atom stereocenters. The number of aromatic nitrogens is 1. The Labute approximate surface area is 179 Å². The van der Waals surface area contributed by atoms with Crippen LogP contribution in [0.15, 0.2) is 24.3 Å². The monoisotopic (exact) mass is 437 g/mol. The van der Waals surface area contributed by atoms with E-state index >= 15 is 0 Å². The molecule has 31 heavy (non-hydrogen) atoms. The van der Waals surface area contributed by atoms with Crippen LogP contribution in [0.2, 0.25) is 0 Å². The smallest absolute Gasteiger partial charge is 0.336 e. The van der Waals surface area contributed by atoms with Crippen molar-refractivity contribution in [2.45, 2.75) is 51.7 Å². The van der Waals surface area contributed by atoms with Gasteiger partial charge in [0, 0.05) is 37.3 Å². The van der Waals surface area contributed by atoms with Crippen LogP contribution >= 0.6 is 0 Å². The normalized spacial score (nSPS) is 14.3. The molecule has 0 aromatic carbocycles. The van der Waals surface area contributed by atoms with Crippen molar-refractivity contribution in [1.29, 1.82) is 0 Å². The predicted molar refractivity (Wildman–Crippen MR) is 107 cm³/mol. The lowest BCUT2D eigenvalue weighted by Crippen LogP contribution is -2.49. The van der Waals surface area contributed by atoms with E-state index in [0.717, 1.165) is 17.1 Å². The minimum absolute atomic E-state index is 0.0240. The van der Waals surface area contributed by atoms with Crippen LogP contribution in [0.1, 0.15) is 40.5 Å². The molecular formula is C20H27N3O8. The van der Waals surface area contributed by atoms with Crippen molar-refractivity contribution in [2.24, 2.45) is 0 Å². The lowest BCUT2D eigenvalue weighted by molar-refractivity contribution is -0.153. The Morgan fingerprint density at radius 2 is 1.58 bits per heavy atom. The molecule has 0 saturated carbocycles. The Kier molecular flexibility index (Phi) is 7.11. The molecular weight excluding hydrogens is 410 g/mol. The Morgan fingerprint density at radius 3 is 2.13 bits per heavy atom. The third-order valence-electron chi connectivity index (χ3n) is 4.33. The fourth-order valence-electron chi connectivity index (χ4n) is 2.74. The SMILES string of the molecule is CC(C)(COC(C)(C)CC(=O)On1c(O)ccc1O)NC(=O)CCN1C(=O)C=CC1=O. The van der Waals surface area contributed by atoms with E-state index in [2.05, 4.69) is 5.32 Å². The van der Waals surface area contributed by atoms with E-state index < -0.39 is 40.7 Å². The maximum Gasteiger partial charge on any atom is 0.336 e. The first-order valence-corrected chi connectivity index (χ1v) is 9.59. The molecule has 0 unspecified atom stereocenters. The van der Waals surface area contributed by atoms with Crippen molar-refractivity contribution in [3.05, 3.63) is 24.3 Å². The lowest BCUT2D eigenvalue weighted by atomic mass is 10.0. The summed E-state index contributed by atoms with van der Waals surface area (Å²) in [4.78, 5) is 53.3. The van der Waals surface area contributed by atoms with Gasteiger partial charge in [-0.15, -0.1) is 4.73 Å². The molecule has 2 rings (SSSR count). The zero-order chi connectivity index (χ0) is 23.4. The minimum atomic E-state index is -0.975. The summed E-state index contributed by atoms with van der Waals surface area (Å²) in [5, 5.41) is 21.8. The van der Waals surface area contributed by atoms with Crippen molar-refractivity contribution < 1.29 is 39.0 Å². The second-order valence-electron chi connectivity index (χ2n) is 8.38. The van der Waals surface area contributed by atoms with Crippen molar-refractivity contribution in [3.63, 3.8) is 0 Å². The molecule has 3 amide bonds. The zero-order valence-corrected chi connectivity index (χ0v) is 17.9. The van der Waals surface area contributed by atoms with E-state index in [-0.39, 0.29) is 31.9 Å². The highest BCUT2D eigenvalue weighted by molar-refractivity contribution is 6.13. The number of aromatic hydroxyl groups is 2. The quantitative estimate of drug-likeness (QED) is 0.441. The van der Waals surface area contributed by atoms with Gasteiger partial charge in [-0.2, -0.15) is 0 Å². The summed E-state index contributed by atoms with van der Waals surface area (Å²) < 4.78 is 6.37. The van der Waals surface area contributed by atoms with Gasteiger partial charge in [0.2, 0.25) is 17.7 Å². The number of carbonyl (C=O) groups is 4. The minimum Gasteiger partial charge on any atom is -0.492 e. The number of hydrogen-bond donors (Lipinski definition) is 3. The fraction of sp³-hybridized carbons (Fsp3) is 0.500. The van der Waals surface area contributed by atoms with E-state index in [1.807, 2.05) is 0 Å². The standard InChI is InChI=1S/C20H27N3O8/c1-19(2,21-13(24)9-10-22-14(25)5-6-15(22)26)12-30-20(3,4)11-18(29)31-23-16(27)7-8-17(23)28/h5-8,27-28H,9-12H2,1-4H3,(H,21,24). The van der Waals surface area contributed by atoms with Gasteiger partial charge in [0.1, 0.15) is 0 Å². The fourth-order valence-corrected chi connectivity index (χ4v) is 2.74. The Balaban J connectivity index is 1.79. The summed E-state index contributed by atoms with van der Waals surface area (Å²) in [6.07, 6.45) is 2.07. The Hall–Kier alpha value is -3.34. The molecule has 170 valence electrons. The topological polar surface area (TPSA) is 147 Å². The van der Waals surface area contributed by atoms with Gasteiger partial charge in [-0.05, 0) is 27.7 Å². The van der Waals surface area contributed by atoms with Crippen molar-refractivity contribution in [2.75, 3.05) is 13.2 Å². The third-order valence-corrected chi connectivity index (χ3v) is 4.33. The molecule has 0 saturated heterocycles. The van der Waals surface area contributed by atoms with Crippen LogP contribution in [-0.2, 0) is 23.9 Å². The average molecular weight is 437 g/mol. The van der Waals surface area contributed by atoms with Crippen LogP contribution in [0.5, 0.6) is 11.8 Å². The second kappa shape index (κ2) is 9.21. The van der Waals surface area contributed by atoms with Gasteiger partial charge in [0.15, 0.2) is 0 Å². The van der Waals surface area contributed by atoms with Crippen molar-refractivity contribution in [1.82, 2.24) is 14.9 Å². The van der Waals surface area contributed by atoms with E-state index in [1.165, 1.54) is 12.1 Å². The number of hydrogen-bond acceptors (Lipinski definition) is 8. The van der Waals surface area contributed by atoms with E-state index in [0.29, 0.717) is 4.73 Å². The van der Waals surface area contributed by atoms with E-state index in [1.54, 1.807) is 27.7 Å². The highest BCUT2D eigenvalue weighted by atomic mass is 16.7. The van der Waals surface area contributed by atoms with Crippen LogP contribution in [0.25, 0.3) is 0 Å². The Morgan fingerprint density at radius 1 is 1.03 bits per heavy atom. The number of carbonyl (C=O) groups excluding carboxylic acids is 4. The van der Waals surface area contributed by atoms with Crippen molar-refractivity contribution >= 4 is 23.7 Å². The third kappa shape index (κ3) is 6.85. The molecule has 0 aliphatic carbocycles. The number of imide groups is 1. The maximum atomic E-state index is 12.2. The average Bonchev–Trinajstić information content (AvgIpc) is 3.13. The van der Waals surface area contributed by atoms with Gasteiger partial charge >= 0.3 is 5.97 Å². The first-order chi connectivity index (χ1) is 14.3. The van der Waals surface area contributed by atoms with Crippen LogP contribution in [0.3, 0.4) is 0 Å². The van der Waals surface area contributed by atoms with Crippen LogP contribution in [0, 0.1) is 0 Å². The van der Waals surface area contributed by atoms with Gasteiger partial charge in [0.05, 0.1) is 24.2 Å². The molecule has 11 nitrogen and oxygen atoms in total. The van der Waals surface area contributed by atoms with Crippen LogP contribution in [-0.4, -0.2) is 67.8 Å². The van der Waals surface area contributed by atoms with Gasteiger partial charge < -0.3 is 25.1 Å². The molecule has 0 spiro atoms. The molecule has 0 bridgehead atoms. The molecule has 0 fully saturated rings. The number of nitrogens with zero attached hydrogens (tertiary/aromatic N) is 2. The molecule has 3 N–H and O–H groups in total. The summed E-state index contributed by atoms with van der Waals surface area (Å²) in [5.74, 6) is -2.87. The number of nitrogens with one attached hydrogen (secondary N) is 1. The molecule has 11 heteroatoms. The van der Waals surface area contributed by atoms with Crippen LogP contribution < -0.4 is 10.2 Å². The van der Waals surface area contributed by atoms with Gasteiger partial charge in [-0.25, -0.2) is 4.79 Å². The van der Waals surface area contributed by atoms with E-state index in [9.17, 15) is 29.4 Å². The molecule has 2 heterocycles. The van der Waals surface area contributed by atoms with Crippen LogP contribution in [0.4, 0.5) is 0 Å². The summed E-state index contributed by atoms with van der Waals surface area (Å²) >= 11 is 0. The highest BCUT2D eigenvalue weighted by Gasteiger charge is 2.30. The maximum absolute atomic E-state index is 12.2. The van der Waals surface area contributed by atoms with Gasteiger partial charge in [-0.3, -0.25) is 19.3 Å².